The average Bonchev–Trinajstić information content (AvgIpc) is 3.25. The summed E-state index contributed by atoms with van der Waals surface area (Å²) in [5, 5.41) is 7.76. The molecule has 0 aliphatic carbocycles. The van der Waals surface area contributed by atoms with E-state index in [4.69, 9.17) is 16.1 Å². The second-order valence-electron chi connectivity index (χ2n) is 7.87. The topological polar surface area (TPSA) is 71.3 Å². The standard InChI is InChI=1S/C23H25ClN4O2/c1-15(2)16-8-12-19(13-9-16)25-23(29)28-14-4-3-5-20(28)22-26-21(27-30-22)17-6-10-18(24)11-7-17/h6-13,15,20H,3-5,14H2,1-2H3,(H,25,29). The molecule has 0 bridgehead atoms. The summed E-state index contributed by atoms with van der Waals surface area (Å²) < 4.78 is 5.55. The van der Waals surface area contributed by atoms with E-state index >= 15 is 0 Å². The largest absolute Gasteiger partial charge is 0.337 e. The number of nitrogens with one attached hydrogen (secondary N) is 1. The van der Waals surface area contributed by atoms with Crippen molar-refractivity contribution in [3.63, 3.8) is 0 Å². The molecule has 4 rings (SSSR count). The van der Waals surface area contributed by atoms with Crippen LogP contribution < -0.4 is 5.32 Å². The van der Waals surface area contributed by atoms with Gasteiger partial charge in [0.15, 0.2) is 0 Å². The van der Waals surface area contributed by atoms with Crippen LogP contribution in [0.5, 0.6) is 0 Å². The number of anilines is 1. The summed E-state index contributed by atoms with van der Waals surface area (Å²) in [6.07, 6.45) is 2.76. The number of hydrogen-bond acceptors (Lipinski definition) is 4. The molecule has 0 saturated carbocycles. The van der Waals surface area contributed by atoms with Gasteiger partial charge in [0.25, 0.3) is 0 Å². The Morgan fingerprint density at radius 2 is 1.87 bits per heavy atom. The second kappa shape index (κ2) is 8.88. The second-order valence-corrected chi connectivity index (χ2v) is 8.31. The molecule has 1 N–H and O–H groups in total. The molecule has 2 heterocycles. The zero-order chi connectivity index (χ0) is 21.1. The normalized spacial score (nSPS) is 16.7. The lowest BCUT2D eigenvalue weighted by atomic mass is 10.0. The summed E-state index contributed by atoms with van der Waals surface area (Å²) in [6.45, 7) is 4.95. The lowest BCUT2D eigenvalue weighted by Gasteiger charge is -2.33. The summed E-state index contributed by atoms with van der Waals surface area (Å²) >= 11 is 5.96. The number of urea groups is 1. The Balaban J connectivity index is 1.50. The van der Waals surface area contributed by atoms with Gasteiger partial charge in [-0.15, -0.1) is 0 Å². The van der Waals surface area contributed by atoms with Gasteiger partial charge in [0.2, 0.25) is 11.7 Å². The van der Waals surface area contributed by atoms with E-state index in [0.29, 0.717) is 29.2 Å². The Bertz CT molecular complexity index is 999. The van der Waals surface area contributed by atoms with Crippen LogP contribution >= 0.6 is 11.6 Å². The van der Waals surface area contributed by atoms with Crippen LogP contribution in [0.2, 0.25) is 5.02 Å². The van der Waals surface area contributed by atoms with Crippen LogP contribution in [0.4, 0.5) is 10.5 Å². The maximum absolute atomic E-state index is 13.0. The first-order valence-electron chi connectivity index (χ1n) is 10.3. The molecule has 1 unspecified atom stereocenters. The fraction of sp³-hybridized carbons (Fsp3) is 0.348. The minimum Gasteiger partial charge on any atom is -0.337 e. The predicted octanol–water partition coefficient (Wildman–Crippen LogP) is 6.27. The molecule has 0 radical (unpaired) electrons. The molecule has 7 heteroatoms. The molecule has 1 aromatic heterocycles. The maximum atomic E-state index is 13.0. The molecule has 1 atom stereocenters. The highest BCUT2D eigenvalue weighted by Gasteiger charge is 2.32. The van der Waals surface area contributed by atoms with Crippen LogP contribution in [-0.2, 0) is 0 Å². The number of rotatable bonds is 4. The van der Waals surface area contributed by atoms with Crippen molar-refractivity contribution in [3.8, 4) is 11.4 Å². The van der Waals surface area contributed by atoms with Crippen molar-refractivity contribution in [2.45, 2.75) is 45.1 Å². The Morgan fingerprint density at radius 1 is 1.13 bits per heavy atom. The highest BCUT2D eigenvalue weighted by Crippen LogP contribution is 2.32. The van der Waals surface area contributed by atoms with E-state index in [0.717, 1.165) is 30.5 Å². The third kappa shape index (κ3) is 4.49. The molecule has 1 aliphatic rings. The molecule has 2 amide bonds. The number of piperidine rings is 1. The summed E-state index contributed by atoms with van der Waals surface area (Å²) in [4.78, 5) is 19.3. The van der Waals surface area contributed by atoms with Crippen LogP contribution in [0.1, 0.15) is 56.5 Å². The number of carbonyl (C=O) groups is 1. The number of hydrogen-bond donors (Lipinski definition) is 1. The summed E-state index contributed by atoms with van der Waals surface area (Å²) in [5.41, 5.74) is 2.84. The smallest absolute Gasteiger partial charge is 0.322 e. The maximum Gasteiger partial charge on any atom is 0.322 e. The summed E-state index contributed by atoms with van der Waals surface area (Å²) in [6, 6.07) is 14.9. The minimum atomic E-state index is -0.234. The fourth-order valence-electron chi connectivity index (χ4n) is 3.66. The molecular formula is C23H25ClN4O2. The minimum absolute atomic E-state index is 0.150. The van der Waals surface area contributed by atoms with E-state index in [1.807, 2.05) is 36.4 Å². The zero-order valence-corrected chi connectivity index (χ0v) is 17.9. The van der Waals surface area contributed by atoms with Crippen LogP contribution in [0.25, 0.3) is 11.4 Å². The third-order valence-corrected chi connectivity index (χ3v) is 5.67. The Morgan fingerprint density at radius 3 is 2.57 bits per heavy atom. The van der Waals surface area contributed by atoms with Crippen molar-refractivity contribution in [2.24, 2.45) is 0 Å². The van der Waals surface area contributed by atoms with Crippen molar-refractivity contribution in [1.82, 2.24) is 15.0 Å². The van der Waals surface area contributed by atoms with E-state index in [1.165, 1.54) is 5.56 Å². The Kier molecular flexibility index (Phi) is 6.04. The lowest BCUT2D eigenvalue weighted by Crippen LogP contribution is -2.41. The molecule has 3 aromatic rings. The molecule has 1 fully saturated rings. The molecule has 6 nitrogen and oxygen atoms in total. The number of aromatic nitrogens is 2. The van der Waals surface area contributed by atoms with Gasteiger partial charge < -0.3 is 14.7 Å². The van der Waals surface area contributed by atoms with Gasteiger partial charge in [0, 0.05) is 22.8 Å². The summed E-state index contributed by atoms with van der Waals surface area (Å²) in [5.74, 6) is 1.41. The lowest BCUT2D eigenvalue weighted by molar-refractivity contribution is 0.142. The number of halogens is 1. The van der Waals surface area contributed by atoms with Crippen LogP contribution in [0.15, 0.2) is 53.1 Å². The van der Waals surface area contributed by atoms with Gasteiger partial charge >= 0.3 is 6.03 Å². The quantitative estimate of drug-likeness (QED) is 0.535. The Labute approximate surface area is 181 Å². The van der Waals surface area contributed by atoms with Gasteiger partial charge in [-0.05, 0) is 67.1 Å². The SMILES string of the molecule is CC(C)c1ccc(NC(=O)N2CCCCC2c2nc(-c3ccc(Cl)cc3)no2)cc1. The van der Waals surface area contributed by atoms with Gasteiger partial charge in [0.1, 0.15) is 6.04 Å². The van der Waals surface area contributed by atoms with Gasteiger partial charge in [-0.3, -0.25) is 0 Å². The molecule has 30 heavy (non-hydrogen) atoms. The number of likely N-dealkylation sites (tertiary alicyclic amines) is 1. The van der Waals surface area contributed by atoms with Crippen LogP contribution in [0.3, 0.4) is 0 Å². The first-order chi connectivity index (χ1) is 14.5. The molecule has 1 saturated heterocycles. The van der Waals surface area contributed by atoms with Crippen LogP contribution in [0, 0.1) is 0 Å². The van der Waals surface area contributed by atoms with Crippen molar-refractivity contribution in [2.75, 3.05) is 11.9 Å². The predicted molar refractivity (Wildman–Crippen MR) is 118 cm³/mol. The number of carbonyl (C=O) groups excluding carboxylic acids is 1. The van der Waals surface area contributed by atoms with Gasteiger partial charge in [-0.2, -0.15) is 4.98 Å². The molecule has 2 aromatic carbocycles. The number of benzene rings is 2. The zero-order valence-electron chi connectivity index (χ0n) is 17.1. The third-order valence-electron chi connectivity index (χ3n) is 5.42. The van der Waals surface area contributed by atoms with Crippen molar-refractivity contribution >= 4 is 23.3 Å². The van der Waals surface area contributed by atoms with Crippen molar-refractivity contribution in [3.05, 3.63) is 65.0 Å². The van der Waals surface area contributed by atoms with Crippen molar-refractivity contribution < 1.29 is 9.32 Å². The number of amides is 2. The van der Waals surface area contributed by atoms with E-state index in [9.17, 15) is 4.79 Å². The van der Waals surface area contributed by atoms with Crippen LogP contribution in [-0.4, -0.2) is 27.6 Å². The van der Waals surface area contributed by atoms with Gasteiger partial charge in [0.05, 0.1) is 0 Å². The Hall–Kier alpha value is -2.86. The molecule has 156 valence electrons. The van der Waals surface area contributed by atoms with Crippen molar-refractivity contribution in [1.29, 1.82) is 0 Å². The van der Waals surface area contributed by atoms with E-state index < -0.39 is 0 Å². The fourth-order valence-corrected chi connectivity index (χ4v) is 3.79. The molecular weight excluding hydrogens is 400 g/mol. The first-order valence-corrected chi connectivity index (χ1v) is 10.7. The van der Waals surface area contributed by atoms with E-state index in [1.54, 1.807) is 17.0 Å². The first kappa shape index (κ1) is 20.4. The van der Waals surface area contributed by atoms with E-state index in [-0.39, 0.29) is 12.1 Å². The monoisotopic (exact) mass is 424 g/mol. The summed E-state index contributed by atoms with van der Waals surface area (Å²) in [7, 11) is 0. The highest BCUT2D eigenvalue weighted by atomic mass is 35.5. The highest BCUT2D eigenvalue weighted by molar-refractivity contribution is 6.30. The average molecular weight is 425 g/mol. The molecule has 0 spiro atoms. The number of nitrogens with zero attached hydrogens (tertiary/aromatic N) is 3. The van der Waals surface area contributed by atoms with Gasteiger partial charge in [-0.1, -0.05) is 42.7 Å². The van der Waals surface area contributed by atoms with E-state index in [2.05, 4.69) is 29.3 Å². The van der Waals surface area contributed by atoms with Gasteiger partial charge in [-0.25, -0.2) is 4.79 Å². The molecule has 1 aliphatic heterocycles.